The van der Waals surface area contributed by atoms with Crippen LogP contribution in [0.4, 0.5) is 0 Å². The van der Waals surface area contributed by atoms with Gasteiger partial charge < -0.3 is 5.11 Å². The highest BCUT2D eigenvalue weighted by Gasteiger charge is 2.42. The lowest BCUT2D eigenvalue weighted by Gasteiger charge is -2.38. The molecule has 0 amide bonds. The van der Waals surface area contributed by atoms with Gasteiger partial charge in [0.15, 0.2) is 0 Å². The van der Waals surface area contributed by atoms with Crippen molar-refractivity contribution in [3.8, 4) is 0 Å². The Hall–Kier alpha value is -0.890. The SMILES string of the molecule is CC1(C(O)C2CCCc3cccnc32)CCCC1. The van der Waals surface area contributed by atoms with Crippen LogP contribution in [-0.4, -0.2) is 16.2 Å². The Labute approximate surface area is 109 Å². The van der Waals surface area contributed by atoms with Crippen molar-refractivity contribution in [2.24, 2.45) is 5.41 Å². The van der Waals surface area contributed by atoms with Crippen molar-refractivity contribution in [3.05, 3.63) is 29.6 Å². The third kappa shape index (κ3) is 1.97. The number of rotatable bonds is 2. The Morgan fingerprint density at radius 1 is 1.33 bits per heavy atom. The van der Waals surface area contributed by atoms with Gasteiger partial charge in [0.25, 0.3) is 0 Å². The van der Waals surface area contributed by atoms with Gasteiger partial charge in [-0.05, 0) is 49.1 Å². The van der Waals surface area contributed by atoms with Crippen LogP contribution in [-0.2, 0) is 6.42 Å². The minimum absolute atomic E-state index is 0.122. The predicted molar refractivity (Wildman–Crippen MR) is 72.5 cm³/mol. The van der Waals surface area contributed by atoms with Gasteiger partial charge in [-0.1, -0.05) is 25.8 Å². The van der Waals surface area contributed by atoms with Crippen molar-refractivity contribution in [2.45, 2.75) is 63.9 Å². The largest absolute Gasteiger partial charge is 0.392 e. The van der Waals surface area contributed by atoms with E-state index in [-0.39, 0.29) is 17.4 Å². The molecule has 2 unspecified atom stereocenters. The summed E-state index contributed by atoms with van der Waals surface area (Å²) >= 11 is 0. The normalized spacial score (nSPS) is 27.8. The maximum absolute atomic E-state index is 10.8. The van der Waals surface area contributed by atoms with Gasteiger partial charge in [-0.3, -0.25) is 4.98 Å². The Morgan fingerprint density at radius 2 is 2.11 bits per heavy atom. The van der Waals surface area contributed by atoms with E-state index in [1.54, 1.807) is 0 Å². The summed E-state index contributed by atoms with van der Waals surface area (Å²) in [6.45, 7) is 2.27. The molecule has 0 saturated heterocycles. The lowest BCUT2D eigenvalue weighted by molar-refractivity contribution is 0.0136. The van der Waals surface area contributed by atoms with E-state index in [2.05, 4.69) is 18.0 Å². The van der Waals surface area contributed by atoms with Gasteiger partial charge >= 0.3 is 0 Å². The summed E-state index contributed by atoms with van der Waals surface area (Å²) in [4.78, 5) is 4.56. The lowest BCUT2D eigenvalue weighted by atomic mass is 9.71. The summed E-state index contributed by atoms with van der Waals surface area (Å²) in [7, 11) is 0. The molecule has 1 aromatic heterocycles. The molecule has 0 spiro atoms. The van der Waals surface area contributed by atoms with Crippen LogP contribution in [0.3, 0.4) is 0 Å². The summed E-state index contributed by atoms with van der Waals surface area (Å²) in [5.74, 6) is 0.262. The molecule has 2 aliphatic carbocycles. The fourth-order valence-corrected chi connectivity index (χ4v) is 3.92. The lowest BCUT2D eigenvalue weighted by Crippen LogP contribution is -2.37. The van der Waals surface area contributed by atoms with Crippen LogP contribution >= 0.6 is 0 Å². The molecule has 2 aliphatic rings. The highest BCUT2D eigenvalue weighted by Crippen LogP contribution is 2.47. The van der Waals surface area contributed by atoms with Crippen molar-refractivity contribution in [1.82, 2.24) is 4.98 Å². The van der Waals surface area contributed by atoms with Crippen molar-refractivity contribution in [1.29, 1.82) is 0 Å². The van der Waals surface area contributed by atoms with Crippen LogP contribution in [0.2, 0.25) is 0 Å². The number of nitrogens with zero attached hydrogens (tertiary/aromatic N) is 1. The van der Waals surface area contributed by atoms with Crippen LogP contribution in [0.1, 0.15) is 62.6 Å². The zero-order valence-electron chi connectivity index (χ0n) is 11.2. The van der Waals surface area contributed by atoms with E-state index in [4.69, 9.17) is 0 Å². The Kier molecular flexibility index (Phi) is 3.14. The quantitative estimate of drug-likeness (QED) is 0.865. The van der Waals surface area contributed by atoms with Crippen molar-refractivity contribution in [2.75, 3.05) is 0 Å². The number of aliphatic hydroxyl groups excluding tert-OH is 1. The highest BCUT2D eigenvalue weighted by molar-refractivity contribution is 5.27. The molecule has 18 heavy (non-hydrogen) atoms. The number of aliphatic hydroxyl groups is 1. The Bertz CT molecular complexity index is 423. The zero-order valence-corrected chi connectivity index (χ0v) is 11.2. The van der Waals surface area contributed by atoms with Gasteiger partial charge in [0.1, 0.15) is 0 Å². The summed E-state index contributed by atoms with van der Waals surface area (Å²) in [5, 5.41) is 10.8. The molecule has 1 N–H and O–H groups in total. The van der Waals surface area contributed by atoms with Crippen molar-refractivity contribution >= 4 is 0 Å². The number of aryl methyl sites for hydroxylation is 1. The molecule has 0 aliphatic heterocycles. The van der Waals surface area contributed by atoms with Gasteiger partial charge in [0.2, 0.25) is 0 Å². The van der Waals surface area contributed by atoms with Gasteiger partial charge in [0, 0.05) is 17.8 Å². The van der Waals surface area contributed by atoms with Gasteiger partial charge in [-0.15, -0.1) is 0 Å². The molecule has 2 heteroatoms. The first-order valence-electron chi connectivity index (χ1n) is 7.32. The fraction of sp³-hybridized carbons (Fsp3) is 0.688. The van der Waals surface area contributed by atoms with Crippen LogP contribution in [0, 0.1) is 5.41 Å². The second-order valence-corrected chi connectivity index (χ2v) is 6.35. The summed E-state index contributed by atoms with van der Waals surface area (Å²) in [6, 6.07) is 4.20. The van der Waals surface area contributed by atoms with Crippen LogP contribution < -0.4 is 0 Å². The Morgan fingerprint density at radius 3 is 2.89 bits per heavy atom. The maximum Gasteiger partial charge on any atom is 0.0677 e. The van der Waals surface area contributed by atoms with E-state index in [1.807, 2.05) is 12.3 Å². The second-order valence-electron chi connectivity index (χ2n) is 6.35. The first-order chi connectivity index (χ1) is 8.71. The molecule has 1 saturated carbocycles. The summed E-state index contributed by atoms with van der Waals surface area (Å²) < 4.78 is 0. The molecule has 0 bridgehead atoms. The van der Waals surface area contributed by atoms with Gasteiger partial charge in [-0.2, -0.15) is 0 Å². The molecular formula is C16H23NO. The molecule has 0 aromatic carbocycles. The smallest absolute Gasteiger partial charge is 0.0677 e. The van der Waals surface area contributed by atoms with E-state index >= 15 is 0 Å². The predicted octanol–water partition coefficient (Wildman–Crippen LogP) is 3.44. The maximum atomic E-state index is 10.8. The number of hydrogen-bond acceptors (Lipinski definition) is 2. The molecule has 1 heterocycles. The molecule has 1 fully saturated rings. The molecule has 2 atom stereocenters. The van der Waals surface area contributed by atoms with Crippen molar-refractivity contribution < 1.29 is 5.11 Å². The van der Waals surface area contributed by atoms with E-state index in [0.29, 0.717) is 0 Å². The van der Waals surface area contributed by atoms with E-state index in [1.165, 1.54) is 43.4 Å². The number of fused-ring (bicyclic) bond motifs is 1. The second kappa shape index (κ2) is 4.65. The fourth-order valence-electron chi connectivity index (χ4n) is 3.92. The first kappa shape index (κ1) is 12.2. The average Bonchev–Trinajstić information content (AvgIpc) is 2.85. The molecule has 3 rings (SSSR count). The molecule has 98 valence electrons. The number of hydrogen-bond donors (Lipinski definition) is 1. The van der Waals surface area contributed by atoms with Crippen LogP contribution in [0.5, 0.6) is 0 Å². The minimum Gasteiger partial charge on any atom is -0.392 e. The topological polar surface area (TPSA) is 33.1 Å². The third-order valence-corrected chi connectivity index (χ3v) is 5.08. The monoisotopic (exact) mass is 245 g/mol. The molecule has 2 nitrogen and oxygen atoms in total. The molecule has 0 radical (unpaired) electrons. The third-order valence-electron chi connectivity index (χ3n) is 5.08. The summed E-state index contributed by atoms with van der Waals surface area (Å²) in [6.07, 6.45) is 9.97. The Balaban J connectivity index is 1.89. The van der Waals surface area contributed by atoms with E-state index in [9.17, 15) is 5.11 Å². The average molecular weight is 245 g/mol. The molecular weight excluding hydrogens is 222 g/mol. The number of aromatic nitrogens is 1. The van der Waals surface area contributed by atoms with Gasteiger partial charge in [-0.25, -0.2) is 0 Å². The van der Waals surface area contributed by atoms with Crippen LogP contribution in [0.15, 0.2) is 18.3 Å². The van der Waals surface area contributed by atoms with E-state index < -0.39 is 0 Å². The van der Waals surface area contributed by atoms with E-state index in [0.717, 1.165) is 12.8 Å². The minimum atomic E-state index is -0.214. The first-order valence-corrected chi connectivity index (χ1v) is 7.32. The van der Waals surface area contributed by atoms with Gasteiger partial charge in [0.05, 0.1) is 6.10 Å². The molecule has 1 aromatic rings. The standard InChI is InChI=1S/C16H23NO/c1-16(9-2-3-10-16)15(18)13-8-4-6-12-7-5-11-17-14(12)13/h5,7,11,13,15,18H,2-4,6,8-10H2,1H3. The zero-order chi connectivity index (χ0) is 12.6. The van der Waals surface area contributed by atoms with Crippen molar-refractivity contribution in [3.63, 3.8) is 0 Å². The highest BCUT2D eigenvalue weighted by atomic mass is 16.3. The van der Waals surface area contributed by atoms with Crippen LogP contribution in [0.25, 0.3) is 0 Å². The summed E-state index contributed by atoms with van der Waals surface area (Å²) in [5.41, 5.74) is 2.65. The number of pyridine rings is 1.